The van der Waals surface area contributed by atoms with Crippen molar-refractivity contribution < 1.29 is 18.4 Å². The minimum atomic E-state index is -0.631. The van der Waals surface area contributed by atoms with Gasteiger partial charge >= 0.3 is 0 Å². The number of hydrogen-bond acceptors (Lipinski definition) is 3. The normalized spacial score (nSPS) is 11.6. The number of nitrogens with zero attached hydrogens (tertiary/aromatic N) is 1. The summed E-state index contributed by atoms with van der Waals surface area (Å²) in [4.78, 5) is 27.2. The lowest BCUT2D eigenvalue weighted by atomic mass is 9.93. The van der Waals surface area contributed by atoms with E-state index in [4.69, 9.17) is 10.2 Å². The van der Waals surface area contributed by atoms with E-state index in [1.807, 2.05) is 52.0 Å². The van der Waals surface area contributed by atoms with E-state index >= 15 is 0 Å². The average molecular weight is 459 g/mol. The summed E-state index contributed by atoms with van der Waals surface area (Å²) in [7, 11) is 1.79. The molecule has 0 aliphatic carbocycles. The fourth-order valence-electron chi connectivity index (χ4n) is 4.03. The Kier molecular flexibility index (Phi) is 5.77. The molecule has 1 aromatic heterocycles. The Bertz CT molecular complexity index is 1410. The van der Waals surface area contributed by atoms with Gasteiger partial charge in [-0.3, -0.25) is 9.59 Å². The molecule has 0 aliphatic rings. The van der Waals surface area contributed by atoms with Crippen LogP contribution in [0.3, 0.4) is 0 Å². The van der Waals surface area contributed by atoms with Gasteiger partial charge in [-0.2, -0.15) is 0 Å². The first-order valence-corrected chi connectivity index (χ1v) is 11.0. The molecule has 0 unspecified atom stereocenters. The van der Waals surface area contributed by atoms with Gasteiger partial charge < -0.3 is 15.1 Å². The molecule has 174 valence electrons. The van der Waals surface area contributed by atoms with E-state index in [9.17, 15) is 14.0 Å². The van der Waals surface area contributed by atoms with Crippen molar-refractivity contribution in [3.8, 4) is 22.5 Å². The van der Waals surface area contributed by atoms with Gasteiger partial charge in [0.25, 0.3) is 11.8 Å². The number of nitrogens with two attached hydrogens (primary N) is 1. The van der Waals surface area contributed by atoms with Crippen LogP contribution in [-0.2, 0) is 0 Å². The quantitative estimate of drug-likeness (QED) is 0.396. The van der Waals surface area contributed by atoms with Crippen molar-refractivity contribution in [3.63, 3.8) is 0 Å². The monoisotopic (exact) mass is 458 g/mol. The summed E-state index contributed by atoms with van der Waals surface area (Å²) in [6, 6.07) is 16.8. The number of halogens is 1. The smallest absolute Gasteiger partial charge is 0.254 e. The summed E-state index contributed by atoms with van der Waals surface area (Å²) in [6.45, 7) is 7.84. The van der Waals surface area contributed by atoms with Gasteiger partial charge in [-0.25, -0.2) is 4.39 Å². The van der Waals surface area contributed by atoms with Gasteiger partial charge in [0.15, 0.2) is 0 Å². The van der Waals surface area contributed by atoms with E-state index in [1.165, 1.54) is 12.1 Å². The second kappa shape index (κ2) is 8.45. The molecule has 0 saturated heterocycles. The number of primary amides is 1. The third-order valence-corrected chi connectivity index (χ3v) is 6.20. The first-order valence-electron chi connectivity index (χ1n) is 11.0. The molecular weight excluding hydrogens is 431 g/mol. The van der Waals surface area contributed by atoms with Crippen molar-refractivity contribution in [1.82, 2.24) is 4.90 Å². The van der Waals surface area contributed by atoms with Gasteiger partial charge in [0.1, 0.15) is 17.2 Å². The number of amides is 2. The molecule has 0 saturated carbocycles. The van der Waals surface area contributed by atoms with Crippen LogP contribution in [0, 0.1) is 12.7 Å². The van der Waals surface area contributed by atoms with Crippen molar-refractivity contribution in [2.24, 2.45) is 5.73 Å². The summed E-state index contributed by atoms with van der Waals surface area (Å²) in [6.07, 6.45) is 0. The zero-order chi connectivity index (χ0) is 24.8. The van der Waals surface area contributed by atoms with Crippen LogP contribution in [0.5, 0.6) is 0 Å². The molecule has 0 radical (unpaired) electrons. The average Bonchev–Trinajstić information content (AvgIpc) is 3.19. The van der Waals surface area contributed by atoms with Crippen LogP contribution in [0.2, 0.25) is 0 Å². The second-order valence-corrected chi connectivity index (χ2v) is 9.40. The predicted octanol–water partition coefficient (Wildman–Crippen LogP) is 6.18. The number of carbonyl (C=O) groups is 2. The molecule has 6 heteroatoms. The van der Waals surface area contributed by atoms with E-state index in [2.05, 4.69) is 0 Å². The molecule has 4 rings (SSSR count). The predicted molar refractivity (Wildman–Crippen MR) is 132 cm³/mol. The summed E-state index contributed by atoms with van der Waals surface area (Å²) in [5.74, 6) is -0.786. The number of fused-ring (bicyclic) bond motifs is 1. The molecule has 4 aromatic rings. The minimum absolute atomic E-state index is 0.0761. The van der Waals surface area contributed by atoms with Crippen molar-refractivity contribution in [2.45, 2.75) is 33.2 Å². The highest BCUT2D eigenvalue weighted by Crippen LogP contribution is 2.39. The van der Waals surface area contributed by atoms with E-state index < -0.39 is 5.91 Å². The van der Waals surface area contributed by atoms with Gasteiger partial charge in [0.2, 0.25) is 0 Å². The fourth-order valence-corrected chi connectivity index (χ4v) is 4.03. The molecule has 0 atom stereocenters. The van der Waals surface area contributed by atoms with Gasteiger partial charge in [-0.15, -0.1) is 0 Å². The van der Waals surface area contributed by atoms with Crippen LogP contribution in [0.1, 0.15) is 47.1 Å². The number of benzene rings is 3. The molecule has 0 aliphatic heterocycles. The highest BCUT2D eigenvalue weighted by Gasteiger charge is 2.25. The summed E-state index contributed by atoms with van der Waals surface area (Å²) < 4.78 is 19.4. The number of hydrogen-bond donors (Lipinski definition) is 1. The van der Waals surface area contributed by atoms with Crippen molar-refractivity contribution in [3.05, 3.63) is 83.2 Å². The lowest BCUT2D eigenvalue weighted by molar-refractivity contribution is 0.0655. The van der Waals surface area contributed by atoms with Crippen LogP contribution < -0.4 is 5.73 Å². The second-order valence-electron chi connectivity index (χ2n) is 9.40. The molecule has 5 nitrogen and oxygen atoms in total. The maximum atomic E-state index is 13.4. The molecular formula is C28H27FN2O3. The van der Waals surface area contributed by atoms with Crippen LogP contribution >= 0.6 is 0 Å². The highest BCUT2D eigenvalue weighted by molar-refractivity contribution is 6.12. The SMILES string of the molecule is Cc1c(-c2cccc(C(=O)N(C)C(C)(C)C)c2)ccc2oc(-c3ccc(F)cc3)c(C(N)=O)c12. The Hall–Kier alpha value is -3.93. The number of carbonyl (C=O) groups excluding carboxylic acids is 2. The van der Waals surface area contributed by atoms with Gasteiger partial charge in [-0.1, -0.05) is 18.2 Å². The van der Waals surface area contributed by atoms with Gasteiger partial charge in [-0.05, 0) is 86.8 Å². The Labute approximate surface area is 198 Å². The van der Waals surface area contributed by atoms with Crippen LogP contribution in [0.25, 0.3) is 33.4 Å². The lowest BCUT2D eigenvalue weighted by Crippen LogP contribution is -2.42. The third kappa shape index (κ3) is 4.07. The highest BCUT2D eigenvalue weighted by atomic mass is 19.1. The molecule has 0 spiro atoms. The Morgan fingerprint density at radius 2 is 1.65 bits per heavy atom. The van der Waals surface area contributed by atoms with Crippen molar-refractivity contribution in [1.29, 1.82) is 0 Å². The van der Waals surface area contributed by atoms with Gasteiger partial charge in [0, 0.05) is 29.1 Å². The van der Waals surface area contributed by atoms with E-state index in [0.29, 0.717) is 27.9 Å². The van der Waals surface area contributed by atoms with E-state index in [0.717, 1.165) is 16.7 Å². The fraction of sp³-hybridized carbons (Fsp3) is 0.214. The maximum absolute atomic E-state index is 13.4. The Morgan fingerprint density at radius 1 is 0.971 bits per heavy atom. The van der Waals surface area contributed by atoms with Crippen LogP contribution in [0.4, 0.5) is 4.39 Å². The largest absolute Gasteiger partial charge is 0.455 e. The van der Waals surface area contributed by atoms with Gasteiger partial charge in [0.05, 0.1) is 5.56 Å². The molecule has 3 aromatic carbocycles. The first kappa shape index (κ1) is 23.2. The number of aryl methyl sites for hydroxylation is 1. The molecule has 1 heterocycles. The number of rotatable bonds is 4. The molecule has 2 amide bonds. The van der Waals surface area contributed by atoms with Crippen LogP contribution in [0.15, 0.2) is 65.1 Å². The number of furan rings is 1. The van der Waals surface area contributed by atoms with Crippen LogP contribution in [-0.4, -0.2) is 29.3 Å². The van der Waals surface area contributed by atoms with E-state index in [1.54, 1.807) is 36.2 Å². The summed E-state index contributed by atoms with van der Waals surface area (Å²) in [5.41, 5.74) is 9.84. The maximum Gasteiger partial charge on any atom is 0.254 e. The summed E-state index contributed by atoms with van der Waals surface area (Å²) >= 11 is 0. The first-order chi connectivity index (χ1) is 16.0. The lowest BCUT2D eigenvalue weighted by Gasteiger charge is -2.32. The zero-order valence-corrected chi connectivity index (χ0v) is 19.9. The Morgan fingerprint density at radius 3 is 2.26 bits per heavy atom. The topological polar surface area (TPSA) is 76.5 Å². The summed E-state index contributed by atoms with van der Waals surface area (Å²) in [5, 5.41) is 0.605. The standard InChI is InChI=1S/C28H27FN2O3/c1-16-21(18-7-6-8-19(15-18)27(33)31(5)28(2,3)4)13-14-22-23(16)24(26(30)32)25(34-22)17-9-11-20(29)12-10-17/h6-15H,1-5H3,(H2,30,32). The van der Waals surface area contributed by atoms with Crippen molar-refractivity contribution in [2.75, 3.05) is 7.05 Å². The molecule has 0 bridgehead atoms. The molecule has 0 fully saturated rings. The Balaban J connectivity index is 1.87. The minimum Gasteiger partial charge on any atom is -0.455 e. The third-order valence-electron chi connectivity index (χ3n) is 6.20. The zero-order valence-electron chi connectivity index (χ0n) is 19.9. The molecule has 34 heavy (non-hydrogen) atoms. The molecule has 2 N–H and O–H groups in total. The van der Waals surface area contributed by atoms with Crippen molar-refractivity contribution >= 4 is 22.8 Å². The van der Waals surface area contributed by atoms with E-state index in [-0.39, 0.29) is 22.8 Å².